The standard InChI is InChI=1S/C12H15F5O4/c1-5-7(18)21-9(8(2,3)4)6-20-11(19,10(9,13)14)12(15,16)17/h5,19H,1,6H2,2-4H3. The summed E-state index contributed by atoms with van der Waals surface area (Å²) in [5.74, 6) is -11.0. The predicted molar refractivity (Wildman–Crippen MR) is 60.4 cm³/mol. The molecule has 1 N–H and O–H groups in total. The largest absolute Gasteiger partial charge is 0.449 e. The molecule has 0 aromatic rings. The van der Waals surface area contributed by atoms with Crippen LogP contribution in [0.5, 0.6) is 0 Å². The fraction of sp³-hybridized carbons (Fsp3) is 0.750. The van der Waals surface area contributed by atoms with E-state index in [2.05, 4.69) is 16.1 Å². The molecule has 0 aromatic carbocycles. The molecule has 1 aliphatic heterocycles. The maximum atomic E-state index is 14.4. The number of halogens is 5. The summed E-state index contributed by atoms with van der Waals surface area (Å²) in [6.07, 6.45) is -5.24. The van der Waals surface area contributed by atoms with Crippen LogP contribution in [-0.4, -0.2) is 41.2 Å². The van der Waals surface area contributed by atoms with Crippen LogP contribution in [0.4, 0.5) is 22.0 Å². The lowest BCUT2D eigenvalue weighted by Crippen LogP contribution is -2.68. The first-order chi connectivity index (χ1) is 9.16. The van der Waals surface area contributed by atoms with Gasteiger partial charge in [-0.2, -0.15) is 22.0 Å². The minimum atomic E-state index is -5.77. The van der Waals surface area contributed by atoms with Crippen LogP contribution in [0.25, 0.3) is 0 Å². The van der Waals surface area contributed by atoms with Gasteiger partial charge < -0.3 is 14.6 Å². The van der Waals surface area contributed by atoms with Gasteiger partial charge in [-0.3, -0.25) is 0 Å². The van der Waals surface area contributed by atoms with Crippen molar-refractivity contribution < 1.29 is 41.3 Å². The summed E-state index contributed by atoms with van der Waals surface area (Å²) >= 11 is 0. The van der Waals surface area contributed by atoms with E-state index in [-0.39, 0.29) is 0 Å². The number of carbonyl (C=O) groups is 1. The molecule has 122 valence electrons. The van der Waals surface area contributed by atoms with E-state index in [0.717, 1.165) is 20.8 Å². The first-order valence-electron chi connectivity index (χ1n) is 5.82. The van der Waals surface area contributed by atoms with E-state index in [0.29, 0.717) is 6.08 Å². The molecule has 1 heterocycles. The van der Waals surface area contributed by atoms with Crippen molar-refractivity contribution in [3.63, 3.8) is 0 Å². The lowest BCUT2D eigenvalue weighted by Gasteiger charge is -2.44. The Bertz CT molecular complexity index is 454. The monoisotopic (exact) mass is 318 g/mol. The van der Waals surface area contributed by atoms with Gasteiger partial charge in [0.25, 0.3) is 0 Å². The third-order valence-electron chi connectivity index (χ3n) is 3.45. The fourth-order valence-electron chi connectivity index (χ4n) is 2.07. The Morgan fingerprint density at radius 2 is 1.81 bits per heavy atom. The number of aliphatic hydroxyl groups is 1. The van der Waals surface area contributed by atoms with Crippen molar-refractivity contribution in [3.8, 4) is 0 Å². The third-order valence-corrected chi connectivity index (χ3v) is 3.45. The molecule has 4 nitrogen and oxygen atoms in total. The Balaban J connectivity index is 3.49. The summed E-state index contributed by atoms with van der Waals surface area (Å²) < 4.78 is 75.6. The molecule has 0 radical (unpaired) electrons. The van der Waals surface area contributed by atoms with Crippen LogP contribution in [0.3, 0.4) is 0 Å². The van der Waals surface area contributed by atoms with Crippen LogP contribution >= 0.6 is 0 Å². The van der Waals surface area contributed by atoms with Gasteiger partial charge in [-0.1, -0.05) is 27.4 Å². The first-order valence-corrected chi connectivity index (χ1v) is 5.82. The highest BCUT2D eigenvalue weighted by atomic mass is 19.4. The van der Waals surface area contributed by atoms with Crippen molar-refractivity contribution in [1.82, 2.24) is 0 Å². The molecule has 1 saturated heterocycles. The lowest BCUT2D eigenvalue weighted by atomic mass is 9.71. The summed E-state index contributed by atoms with van der Waals surface area (Å²) in [6, 6.07) is 0. The molecule has 0 amide bonds. The molecule has 0 aliphatic carbocycles. The van der Waals surface area contributed by atoms with Crippen molar-refractivity contribution in [3.05, 3.63) is 12.7 Å². The number of hydrogen-bond donors (Lipinski definition) is 1. The summed E-state index contributed by atoms with van der Waals surface area (Å²) in [6.45, 7) is 5.11. The maximum Gasteiger partial charge on any atom is 0.449 e. The molecule has 0 aromatic heterocycles. The number of carbonyl (C=O) groups excluding carboxylic acids is 1. The molecular weight excluding hydrogens is 303 g/mol. The van der Waals surface area contributed by atoms with Gasteiger partial charge in [0.2, 0.25) is 5.60 Å². The highest BCUT2D eigenvalue weighted by Crippen LogP contribution is 2.59. The van der Waals surface area contributed by atoms with Crippen LogP contribution in [0, 0.1) is 5.41 Å². The van der Waals surface area contributed by atoms with Crippen LogP contribution in [0.15, 0.2) is 12.7 Å². The van der Waals surface area contributed by atoms with E-state index in [1.165, 1.54) is 0 Å². The van der Waals surface area contributed by atoms with E-state index >= 15 is 0 Å². The average Bonchev–Trinajstić information content (AvgIpc) is 2.49. The van der Waals surface area contributed by atoms with Crippen LogP contribution in [0.2, 0.25) is 0 Å². The molecule has 21 heavy (non-hydrogen) atoms. The Labute approximate surface area is 117 Å². The van der Waals surface area contributed by atoms with Crippen molar-refractivity contribution in [2.75, 3.05) is 6.61 Å². The molecule has 1 fully saturated rings. The number of rotatable bonds is 2. The molecule has 0 spiro atoms. The topological polar surface area (TPSA) is 55.8 Å². The van der Waals surface area contributed by atoms with Crippen LogP contribution in [-0.2, 0) is 14.3 Å². The predicted octanol–water partition coefficient (Wildman–Crippen LogP) is 2.42. The smallest absolute Gasteiger partial charge is 0.446 e. The minimum Gasteiger partial charge on any atom is -0.446 e. The third kappa shape index (κ3) is 2.22. The Morgan fingerprint density at radius 1 is 1.33 bits per heavy atom. The van der Waals surface area contributed by atoms with Crippen molar-refractivity contribution in [2.45, 2.75) is 44.3 Å². The number of hydrogen-bond acceptors (Lipinski definition) is 4. The second-order valence-corrected chi connectivity index (χ2v) is 5.71. The first kappa shape index (κ1) is 17.8. The minimum absolute atomic E-state index is 0.536. The van der Waals surface area contributed by atoms with Crippen molar-refractivity contribution >= 4 is 5.97 Å². The van der Waals surface area contributed by atoms with Gasteiger partial charge in [-0.25, -0.2) is 4.79 Å². The molecule has 9 heteroatoms. The molecule has 2 atom stereocenters. The summed E-state index contributed by atoms with van der Waals surface area (Å²) in [5.41, 5.74) is -4.67. The zero-order valence-corrected chi connectivity index (χ0v) is 11.6. The number of esters is 1. The van der Waals surface area contributed by atoms with E-state index in [1.54, 1.807) is 0 Å². The second-order valence-electron chi connectivity index (χ2n) is 5.71. The van der Waals surface area contributed by atoms with Gasteiger partial charge >= 0.3 is 23.9 Å². The van der Waals surface area contributed by atoms with Crippen molar-refractivity contribution in [1.29, 1.82) is 0 Å². The van der Waals surface area contributed by atoms with Gasteiger partial charge in [0, 0.05) is 11.5 Å². The Morgan fingerprint density at radius 3 is 2.10 bits per heavy atom. The lowest BCUT2D eigenvalue weighted by molar-refractivity contribution is -0.412. The van der Waals surface area contributed by atoms with Crippen molar-refractivity contribution in [2.24, 2.45) is 5.41 Å². The SMILES string of the molecule is C=CC(=O)OC1(C(C)(C)C)COC(O)(C(F)(F)F)C1(F)F. The number of ether oxygens (including phenoxy) is 2. The van der Waals surface area contributed by atoms with E-state index < -0.39 is 41.5 Å². The van der Waals surface area contributed by atoms with Crippen LogP contribution in [0.1, 0.15) is 20.8 Å². The van der Waals surface area contributed by atoms with Gasteiger partial charge in [0.05, 0.1) is 6.61 Å². The zero-order chi connectivity index (χ0) is 16.9. The molecule has 0 bridgehead atoms. The Kier molecular flexibility index (Phi) is 3.94. The summed E-state index contributed by atoms with van der Waals surface area (Å²) in [4.78, 5) is 11.3. The van der Waals surface area contributed by atoms with Gasteiger partial charge in [-0.05, 0) is 0 Å². The normalized spacial score (nSPS) is 32.8. The summed E-state index contributed by atoms with van der Waals surface area (Å²) in [7, 11) is 0. The molecular formula is C12H15F5O4. The summed E-state index contributed by atoms with van der Waals surface area (Å²) in [5, 5.41) is 9.33. The van der Waals surface area contributed by atoms with Gasteiger partial charge in [-0.15, -0.1) is 0 Å². The molecule has 1 rings (SSSR count). The van der Waals surface area contributed by atoms with Crippen LogP contribution < -0.4 is 0 Å². The second kappa shape index (κ2) is 4.64. The van der Waals surface area contributed by atoms with Gasteiger partial charge in [0.1, 0.15) is 0 Å². The van der Waals surface area contributed by atoms with Gasteiger partial charge in [0.15, 0.2) is 0 Å². The fourth-order valence-corrected chi connectivity index (χ4v) is 2.07. The van der Waals surface area contributed by atoms with E-state index in [1.807, 2.05) is 0 Å². The quantitative estimate of drug-likeness (QED) is 0.483. The number of alkyl halides is 5. The van der Waals surface area contributed by atoms with E-state index in [9.17, 15) is 31.9 Å². The highest BCUT2D eigenvalue weighted by molar-refractivity contribution is 5.81. The highest BCUT2D eigenvalue weighted by Gasteiger charge is 2.86. The Hall–Kier alpha value is -1.22. The molecule has 2 unspecified atom stereocenters. The zero-order valence-electron chi connectivity index (χ0n) is 11.6. The molecule has 0 saturated carbocycles. The average molecular weight is 318 g/mol. The molecule has 1 aliphatic rings. The maximum absolute atomic E-state index is 14.4. The van der Waals surface area contributed by atoms with E-state index in [4.69, 9.17) is 0 Å².